The van der Waals surface area contributed by atoms with E-state index in [0.717, 1.165) is 25.3 Å². The number of benzene rings is 3. The van der Waals surface area contributed by atoms with Gasteiger partial charge in [-0.3, -0.25) is 0 Å². The van der Waals surface area contributed by atoms with Crippen molar-refractivity contribution in [2.75, 3.05) is 20.1 Å². The van der Waals surface area contributed by atoms with Crippen molar-refractivity contribution in [3.63, 3.8) is 0 Å². The Morgan fingerprint density at radius 2 is 1.72 bits per heavy atom. The summed E-state index contributed by atoms with van der Waals surface area (Å²) in [4.78, 5) is 3.74. The maximum absolute atomic E-state index is 2.39. The Balaban J connectivity index is 1.59. The summed E-state index contributed by atoms with van der Waals surface area (Å²) in [5.41, 5.74) is 4.38. The topological polar surface area (TPSA) is 3.24 Å². The first-order valence-electron chi connectivity index (χ1n) is 8.88. The number of likely N-dealkylation sites (N-methyl/N-ethyl adjacent to an activating group) is 1. The van der Waals surface area contributed by atoms with Gasteiger partial charge < -0.3 is 4.90 Å². The third kappa shape index (κ3) is 3.65. The lowest BCUT2D eigenvalue weighted by molar-refractivity contribution is 0.370. The Labute approximate surface area is 154 Å². The fourth-order valence-electron chi connectivity index (χ4n) is 3.45. The Kier molecular flexibility index (Phi) is 4.91. The fourth-order valence-corrected chi connectivity index (χ4v) is 4.53. The number of nitrogens with zero attached hydrogens (tertiary/aromatic N) is 1. The minimum atomic E-state index is 1.01. The van der Waals surface area contributed by atoms with Crippen molar-refractivity contribution in [1.82, 2.24) is 4.90 Å². The number of hydrogen-bond acceptors (Lipinski definition) is 2. The lowest BCUT2D eigenvalue weighted by Gasteiger charge is -2.23. The van der Waals surface area contributed by atoms with Gasteiger partial charge in [-0.25, -0.2) is 0 Å². The monoisotopic (exact) mass is 345 g/mol. The van der Waals surface area contributed by atoms with Crippen LogP contribution in [0, 0.1) is 0 Å². The summed E-state index contributed by atoms with van der Waals surface area (Å²) in [6.45, 7) is 2.21. The van der Waals surface area contributed by atoms with Crippen LogP contribution in [-0.4, -0.2) is 25.0 Å². The minimum absolute atomic E-state index is 1.01. The van der Waals surface area contributed by atoms with Gasteiger partial charge in [-0.2, -0.15) is 0 Å². The van der Waals surface area contributed by atoms with Gasteiger partial charge in [-0.15, -0.1) is 11.8 Å². The molecule has 0 N–H and O–H groups in total. The molecule has 3 aromatic carbocycles. The van der Waals surface area contributed by atoms with Gasteiger partial charge in [0, 0.05) is 23.7 Å². The molecule has 0 aliphatic carbocycles. The summed E-state index contributed by atoms with van der Waals surface area (Å²) in [6.07, 6.45) is 3.54. The van der Waals surface area contributed by atoms with Gasteiger partial charge in [0.05, 0.1) is 0 Å². The van der Waals surface area contributed by atoms with Crippen LogP contribution in [0.2, 0.25) is 0 Å². The molecular formula is C23H23NS. The average molecular weight is 346 g/mol. The van der Waals surface area contributed by atoms with Crippen molar-refractivity contribution >= 4 is 28.1 Å². The largest absolute Gasteiger partial charge is 0.302 e. The second-order valence-electron chi connectivity index (χ2n) is 6.66. The molecule has 0 atom stereocenters. The first kappa shape index (κ1) is 16.4. The van der Waals surface area contributed by atoms with Gasteiger partial charge in [0.15, 0.2) is 0 Å². The van der Waals surface area contributed by atoms with Crippen LogP contribution in [0.25, 0.3) is 16.3 Å². The normalized spacial score (nSPS) is 15.3. The molecule has 0 saturated carbocycles. The molecule has 4 rings (SSSR count). The molecule has 0 saturated heterocycles. The van der Waals surface area contributed by atoms with Crippen molar-refractivity contribution in [2.45, 2.75) is 17.1 Å². The summed E-state index contributed by atoms with van der Waals surface area (Å²) in [7, 11) is 2.19. The molecule has 0 fully saturated rings. The number of hydrogen-bond donors (Lipinski definition) is 0. The maximum atomic E-state index is 2.39. The van der Waals surface area contributed by atoms with Gasteiger partial charge in [-0.1, -0.05) is 66.7 Å². The van der Waals surface area contributed by atoms with E-state index in [-0.39, 0.29) is 0 Å². The first-order chi connectivity index (χ1) is 12.3. The van der Waals surface area contributed by atoms with Crippen LogP contribution >= 0.6 is 11.8 Å². The molecule has 0 aromatic heterocycles. The van der Waals surface area contributed by atoms with Crippen LogP contribution in [0.3, 0.4) is 0 Å². The van der Waals surface area contributed by atoms with Gasteiger partial charge in [-0.05, 0) is 47.0 Å². The molecule has 25 heavy (non-hydrogen) atoms. The SMILES string of the molecule is CN1CC=C(c2ccccc2CSc2cccc3ccccc23)CC1. The molecular weight excluding hydrogens is 322 g/mol. The van der Waals surface area contributed by atoms with E-state index >= 15 is 0 Å². The second kappa shape index (κ2) is 7.47. The average Bonchev–Trinajstić information content (AvgIpc) is 2.67. The van der Waals surface area contributed by atoms with E-state index in [1.165, 1.54) is 32.4 Å². The van der Waals surface area contributed by atoms with Crippen molar-refractivity contribution in [3.8, 4) is 0 Å². The summed E-state index contributed by atoms with van der Waals surface area (Å²) in [6, 6.07) is 24.2. The fraction of sp³-hybridized carbons (Fsp3) is 0.217. The van der Waals surface area contributed by atoms with Crippen LogP contribution in [0.15, 0.2) is 77.7 Å². The van der Waals surface area contributed by atoms with Gasteiger partial charge in [0.25, 0.3) is 0 Å². The summed E-state index contributed by atoms with van der Waals surface area (Å²) in [5.74, 6) is 1.01. The Morgan fingerprint density at radius 1 is 0.920 bits per heavy atom. The lowest BCUT2D eigenvalue weighted by atomic mass is 9.96. The zero-order valence-electron chi connectivity index (χ0n) is 14.6. The molecule has 1 heterocycles. The van der Waals surface area contributed by atoms with Crippen molar-refractivity contribution in [1.29, 1.82) is 0 Å². The molecule has 1 aliphatic heterocycles. The predicted molar refractivity (Wildman–Crippen MR) is 110 cm³/mol. The summed E-state index contributed by atoms with van der Waals surface area (Å²) < 4.78 is 0. The highest BCUT2D eigenvalue weighted by molar-refractivity contribution is 7.98. The van der Waals surface area contributed by atoms with E-state index in [1.807, 2.05) is 11.8 Å². The number of thioether (sulfide) groups is 1. The summed E-state index contributed by atoms with van der Waals surface area (Å²) in [5, 5.41) is 2.67. The van der Waals surface area contributed by atoms with E-state index in [2.05, 4.69) is 84.8 Å². The lowest BCUT2D eigenvalue weighted by Crippen LogP contribution is -2.23. The van der Waals surface area contributed by atoms with E-state index in [4.69, 9.17) is 0 Å². The molecule has 126 valence electrons. The van der Waals surface area contributed by atoms with Crippen LogP contribution in [0.1, 0.15) is 17.5 Å². The molecule has 1 aliphatic rings. The smallest absolute Gasteiger partial charge is 0.0238 e. The highest BCUT2D eigenvalue weighted by Crippen LogP contribution is 2.33. The molecule has 0 spiro atoms. The van der Waals surface area contributed by atoms with E-state index in [9.17, 15) is 0 Å². The molecule has 0 bridgehead atoms. The van der Waals surface area contributed by atoms with E-state index in [1.54, 1.807) is 0 Å². The van der Waals surface area contributed by atoms with Crippen LogP contribution in [0.5, 0.6) is 0 Å². The molecule has 3 aromatic rings. The van der Waals surface area contributed by atoms with E-state index < -0.39 is 0 Å². The highest BCUT2D eigenvalue weighted by Gasteiger charge is 2.13. The molecule has 1 nitrogen and oxygen atoms in total. The minimum Gasteiger partial charge on any atom is -0.302 e. The van der Waals surface area contributed by atoms with Gasteiger partial charge in [0.2, 0.25) is 0 Å². The zero-order valence-corrected chi connectivity index (χ0v) is 15.4. The number of rotatable bonds is 4. The zero-order chi connectivity index (χ0) is 17.1. The number of fused-ring (bicyclic) bond motifs is 1. The van der Waals surface area contributed by atoms with Gasteiger partial charge >= 0.3 is 0 Å². The standard InChI is InChI=1S/C23H23NS/c1-24-15-13-19(14-16-24)21-10-4-3-8-20(21)17-25-23-12-6-9-18-7-2-5-11-22(18)23/h2-13H,14-17H2,1H3. The van der Waals surface area contributed by atoms with Crippen LogP contribution in [0.4, 0.5) is 0 Å². The van der Waals surface area contributed by atoms with Crippen molar-refractivity contribution in [3.05, 3.63) is 83.9 Å². The highest BCUT2D eigenvalue weighted by atomic mass is 32.2. The summed E-state index contributed by atoms with van der Waals surface area (Å²) >= 11 is 1.94. The first-order valence-corrected chi connectivity index (χ1v) is 9.86. The van der Waals surface area contributed by atoms with Crippen molar-refractivity contribution < 1.29 is 0 Å². The Bertz CT molecular complexity index is 907. The van der Waals surface area contributed by atoms with Crippen molar-refractivity contribution in [2.24, 2.45) is 0 Å². The molecule has 0 unspecified atom stereocenters. The molecule has 2 heteroatoms. The Hall–Kier alpha value is -2.03. The van der Waals surface area contributed by atoms with E-state index in [0.29, 0.717) is 0 Å². The third-order valence-corrected chi connectivity index (χ3v) is 6.03. The van der Waals surface area contributed by atoms with Crippen LogP contribution < -0.4 is 0 Å². The predicted octanol–water partition coefficient (Wildman–Crippen LogP) is 5.85. The maximum Gasteiger partial charge on any atom is 0.0238 e. The molecule has 0 radical (unpaired) electrons. The van der Waals surface area contributed by atoms with Gasteiger partial charge in [0.1, 0.15) is 0 Å². The second-order valence-corrected chi connectivity index (χ2v) is 7.68. The molecule has 0 amide bonds. The quantitative estimate of drug-likeness (QED) is 0.546. The van der Waals surface area contributed by atoms with Crippen LogP contribution in [-0.2, 0) is 5.75 Å². The Morgan fingerprint density at radius 3 is 2.60 bits per heavy atom. The third-order valence-electron chi connectivity index (χ3n) is 4.91.